The van der Waals surface area contributed by atoms with E-state index >= 15 is 0 Å². The Morgan fingerprint density at radius 3 is 2.88 bits per heavy atom. The molecule has 0 fully saturated rings. The van der Waals surface area contributed by atoms with Crippen molar-refractivity contribution in [2.24, 2.45) is 0 Å². The maximum absolute atomic E-state index is 5.80. The molecule has 0 aliphatic heterocycles. The van der Waals surface area contributed by atoms with Gasteiger partial charge in [-0.1, -0.05) is 13.3 Å². The van der Waals surface area contributed by atoms with Crippen molar-refractivity contribution in [1.82, 2.24) is 9.97 Å². The molecule has 3 N–H and O–H groups in total. The lowest BCUT2D eigenvalue weighted by Gasteiger charge is -2.10. The maximum Gasteiger partial charge on any atom is 0.242 e. The van der Waals surface area contributed by atoms with Crippen molar-refractivity contribution in [2.75, 3.05) is 37.9 Å². The first kappa shape index (κ1) is 13.5. The van der Waals surface area contributed by atoms with Gasteiger partial charge >= 0.3 is 0 Å². The Bertz CT molecular complexity index is 333. The normalized spacial score (nSPS) is 10.2. The van der Waals surface area contributed by atoms with E-state index < -0.39 is 0 Å². The van der Waals surface area contributed by atoms with Gasteiger partial charge in [0.25, 0.3) is 0 Å². The molecule has 0 amide bonds. The van der Waals surface area contributed by atoms with E-state index in [0.29, 0.717) is 30.5 Å². The summed E-state index contributed by atoms with van der Waals surface area (Å²) in [6.45, 7) is 4.22. The number of nitrogen functional groups attached to an aromatic ring is 1. The minimum absolute atomic E-state index is 0.384. The van der Waals surface area contributed by atoms with Gasteiger partial charge < -0.3 is 20.5 Å². The van der Waals surface area contributed by atoms with E-state index in [2.05, 4.69) is 22.2 Å². The van der Waals surface area contributed by atoms with Gasteiger partial charge in [0.05, 0.1) is 13.7 Å². The number of nitrogens with two attached hydrogens (primary N) is 1. The van der Waals surface area contributed by atoms with Crippen LogP contribution >= 0.6 is 0 Å². The van der Waals surface area contributed by atoms with E-state index in [0.717, 1.165) is 19.4 Å². The van der Waals surface area contributed by atoms with Crippen LogP contribution in [0.1, 0.15) is 19.8 Å². The number of nitrogens with one attached hydrogen (secondary N) is 1. The number of ether oxygens (including phenoxy) is 2. The van der Waals surface area contributed by atoms with Gasteiger partial charge in [-0.05, 0) is 6.42 Å². The van der Waals surface area contributed by atoms with Crippen molar-refractivity contribution >= 4 is 11.5 Å². The summed E-state index contributed by atoms with van der Waals surface area (Å²) in [7, 11) is 1.52. The van der Waals surface area contributed by atoms with Gasteiger partial charge in [0.15, 0.2) is 5.82 Å². The zero-order chi connectivity index (χ0) is 12.5. The third kappa shape index (κ3) is 4.44. The van der Waals surface area contributed by atoms with Crippen LogP contribution in [-0.4, -0.2) is 36.8 Å². The Kier molecular flexibility index (Phi) is 6.09. The second-order valence-electron chi connectivity index (χ2n) is 3.54. The molecule has 0 atom stereocenters. The molecular weight excluding hydrogens is 220 g/mol. The first-order valence-electron chi connectivity index (χ1n) is 5.75. The van der Waals surface area contributed by atoms with Crippen LogP contribution in [0.2, 0.25) is 0 Å². The van der Waals surface area contributed by atoms with Crippen LogP contribution < -0.4 is 15.8 Å². The molecule has 0 saturated heterocycles. The highest BCUT2D eigenvalue weighted by molar-refractivity contribution is 5.66. The molecule has 1 heterocycles. The highest BCUT2D eigenvalue weighted by atomic mass is 16.5. The average Bonchev–Trinajstić information content (AvgIpc) is 2.35. The predicted octanol–water partition coefficient (Wildman–Crippen LogP) is 1.30. The van der Waals surface area contributed by atoms with Crippen molar-refractivity contribution < 1.29 is 9.47 Å². The summed E-state index contributed by atoms with van der Waals surface area (Å²) in [6.07, 6.45) is 3.64. The van der Waals surface area contributed by atoms with Crippen LogP contribution in [0.15, 0.2) is 6.33 Å². The molecule has 0 aliphatic carbocycles. The summed E-state index contributed by atoms with van der Waals surface area (Å²) in [5.74, 6) is 0.963. The zero-order valence-electron chi connectivity index (χ0n) is 10.4. The van der Waals surface area contributed by atoms with Crippen molar-refractivity contribution in [1.29, 1.82) is 0 Å². The van der Waals surface area contributed by atoms with Crippen LogP contribution in [0.3, 0.4) is 0 Å². The van der Waals surface area contributed by atoms with E-state index in [9.17, 15) is 0 Å². The molecule has 0 unspecified atom stereocenters. The molecule has 96 valence electrons. The van der Waals surface area contributed by atoms with Gasteiger partial charge in [-0.3, -0.25) is 0 Å². The molecule has 0 bridgehead atoms. The third-order valence-corrected chi connectivity index (χ3v) is 2.22. The average molecular weight is 240 g/mol. The highest BCUT2D eigenvalue weighted by Crippen LogP contribution is 2.23. The fourth-order valence-electron chi connectivity index (χ4n) is 1.27. The second kappa shape index (κ2) is 7.67. The number of hydrogen-bond acceptors (Lipinski definition) is 6. The molecule has 0 saturated carbocycles. The minimum atomic E-state index is 0.384. The second-order valence-corrected chi connectivity index (χ2v) is 3.54. The number of nitrogens with zero attached hydrogens (tertiary/aromatic N) is 2. The topological polar surface area (TPSA) is 82.3 Å². The van der Waals surface area contributed by atoms with Crippen LogP contribution in [0.4, 0.5) is 11.5 Å². The van der Waals surface area contributed by atoms with Crippen molar-refractivity contribution in [2.45, 2.75) is 19.8 Å². The number of hydrogen-bond donors (Lipinski definition) is 2. The molecule has 0 spiro atoms. The quantitative estimate of drug-likeness (QED) is 0.666. The van der Waals surface area contributed by atoms with Crippen LogP contribution in [0.25, 0.3) is 0 Å². The molecule has 17 heavy (non-hydrogen) atoms. The fourth-order valence-corrected chi connectivity index (χ4v) is 1.27. The molecule has 0 aliphatic rings. The standard InChI is InChI=1S/C11H20N4O2/c1-3-4-6-17-7-5-13-10-9(12)11(16-2)15-8-14-10/h8H,3-7,12H2,1-2H3,(H,13,14,15). The lowest BCUT2D eigenvalue weighted by Crippen LogP contribution is -2.13. The smallest absolute Gasteiger partial charge is 0.242 e. The summed E-state index contributed by atoms with van der Waals surface area (Å²) in [6, 6.07) is 0. The number of rotatable bonds is 8. The van der Waals surface area contributed by atoms with Crippen molar-refractivity contribution in [3.63, 3.8) is 0 Å². The van der Waals surface area contributed by atoms with E-state index in [1.807, 2.05) is 0 Å². The van der Waals surface area contributed by atoms with Gasteiger partial charge in [-0.15, -0.1) is 0 Å². The molecule has 0 aromatic carbocycles. The lowest BCUT2D eigenvalue weighted by atomic mass is 10.4. The number of unbranched alkanes of at least 4 members (excludes halogenated alkanes) is 1. The molecular formula is C11H20N4O2. The van der Waals surface area contributed by atoms with Gasteiger partial charge in [0.2, 0.25) is 5.88 Å². The van der Waals surface area contributed by atoms with Gasteiger partial charge in [-0.2, -0.15) is 4.98 Å². The molecule has 1 aromatic heterocycles. The van der Waals surface area contributed by atoms with E-state index in [-0.39, 0.29) is 0 Å². The van der Waals surface area contributed by atoms with Crippen LogP contribution in [0.5, 0.6) is 5.88 Å². The summed E-state index contributed by atoms with van der Waals surface area (Å²) in [5, 5.41) is 3.08. The van der Waals surface area contributed by atoms with Crippen LogP contribution in [0, 0.1) is 0 Å². The molecule has 0 radical (unpaired) electrons. The van der Waals surface area contributed by atoms with Gasteiger partial charge in [0.1, 0.15) is 12.0 Å². The SMILES string of the molecule is CCCCOCCNc1ncnc(OC)c1N. The van der Waals surface area contributed by atoms with Crippen LogP contribution in [-0.2, 0) is 4.74 Å². The Labute approximate surface area is 102 Å². The Morgan fingerprint density at radius 2 is 2.18 bits per heavy atom. The summed E-state index contributed by atoms with van der Waals surface area (Å²) in [5.41, 5.74) is 6.22. The Hall–Kier alpha value is -1.56. The number of methoxy groups -OCH3 is 1. The van der Waals surface area contributed by atoms with Crippen molar-refractivity contribution in [3.8, 4) is 5.88 Å². The summed E-state index contributed by atoms with van der Waals surface area (Å²) < 4.78 is 10.4. The van der Waals surface area contributed by atoms with E-state index in [1.54, 1.807) is 0 Å². The van der Waals surface area contributed by atoms with Crippen molar-refractivity contribution in [3.05, 3.63) is 6.33 Å². The summed E-state index contributed by atoms with van der Waals surface area (Å²) >= 11 is 0. The van der Waals surface area contributed by atoms with E-state index in [1.165, 1.54) is 13.4 Å². The summed E-state index contributed by atoms with van der Waals surface area (Å²) in [4.78, 5) is 7.93. The largest absolute Gasteiger partial charge is 0.479 e. The monoisotopic (exact) mass is 240 g/mol. The fraction of sp³-hybridized carbons (Fsp3) is 0.636. The lowest BCUT2D eigenvalue weighted by molar-refractivity contribution is 0.141. The number of anilines is 2. The first-order chi connectivity index (χ1) is 8.29. The van der Waals surface area contributed by atoms with Gasteiger partial charge in [0, 0.05) is 13.2 Å². The van der Waals surface area contributed by atoms with E-state index in [4.69, 9.17) is 15.2 Å². The zero-order valence-corrected chi connectivity index (χ0v) is 10.4. The maximum atomic E-state index is 5.80. The third-order valence-electron chi connectivity index (χ3n) is 2.22. The van der Waals surface area contributed by atoms with Gasteiger partial charge in [-0.25, -0.2) is 4.98 Å². The predicted molar refractivity (Wildman–Crippen MR) is 67.2 cm³/mol. The molecule has 6 heteroatoms. The number of aromatic nitrogens is 2. The molecule has 1 aromatic rings. The Balaban J connectivity index is 2.31. The highest BCUT2D eigenvalue weighted by Gasteiger charge is 2.06. The molecule has 6 nitrogen and oxygen atoms in total. The Morgan fingerprint density at radius 1 is 1.35 bits per heavy atom. The minimum Gasteiger partial charge on any atom is -0.479 e. The first-order valence-corrected chi connectivity index (χ1v) is 5.75. The molecule has 1 rings (SSSR count).